The number of rotatable bonds is 7. The highest BCUT2D eigenvalue weighted by Gasteiger charge is 2.19. The fourth-order valence-electron chi connectivity index (χ4n) is 3.74. The minimum absolute atomic E-state index is 0.247. The number of likely N-dealkylation sites (tertiary alicyclic amines) is 1. The lowest BCUT2D eigenvalue weighted by Crippen LogP contribution is -2.26. The minimum atomic E-state index is -0.247. The van der Waals surface area contributed by atoms with Gasteiger partial charge in [-0.05, 0) is 44.9 Å². The topological polar surface area (TPSA) is 112 Å². The van der Waals surface area contributed by atoms with Crippen LogP contribution in [0.5, 0.6) is 0 Å². The van der Waals surface area contributed by atoms with Gasteiger partial charge in [0.25, 0.3) is 0 Å². The summed E-state index contributed by atoms with van der Waals surface area (Å²) in [5.74, 6) is 1.76. The molecule has 1 aromatic heterocycles. The van der Waals surface area contributed by atoms with Gasteiger partial charge in [-0.1, -0.05) is 19.8 Å². The number of amidine groups is 1. The summed E-state index contributed by atoms with van der Waals surface area (Å²) < 4.78 is 0. The third-order valence-electron chi connectivity index (χ3n) is 5.58. The SMILES string of the molecule is C#CN=C(/C=C(\N)c1cnc(NCCCC)nc1N=C1CCC(O)CC1)N1CCCC1. The molecule has 166 valence electrons. The highest BCUT2D eigenvalue weighted by Crippen LogP contribution is 2.26. The van der Waals surface area contributed by atoms with E-state index in [1.165, 1.54) is 0 Å². The van der Waals surface area contributed by atoms with Crippen LogP contribution in [0.3, 0.4) is 0 Å². The smallest absolute Gasteiger partial charge is 0.224 e. The van der Waals surface area contributed by atoms with Crippen LogP contribution in [0.25, 0.3) is 5.70 Å². The molecule has 8 nitrogen and oxygen atoms in total. The molecule has 1 saturated carbocycles. The number of anilines is 1. The number of aromatic nitrogens is 2. The van der Waals surface area contributed by atoms with E-state index in [4.69, 9.17) is 17.1 Å². The summed E-state index contributed by atoms with van der Waals surface area (Å²) in [7, 11) is 0. The Morgan fingerprint density at radius 2 is 2.13 bits per heavy atom. The summed E-state index contributed by atoms with van der Waals surface area (Å²) >= 11 is 0. The summed E-state index contributed by atoms with van der Waals surface area (Å²) in [4.78, 5) is 20.2. The van der Waals surface area contributed by atoms with Crippen molar-refractivity contribution in [1.29, 1.82) is 0 Å². The number of hydrogen-bond acceptors (Lipinski definition) is 7. The first-order chi connectivity index (χ1) is 15.1. The van der Waals surface area contributed by atoms with Crippen molar-refractivity contribution in [3.05, 3.63) is 17.8 Å². The molecular weight excluding hydrogens is 390 g/mol. The number of aliphatic hydroxyl groups excluding tert-OH is 1. The Morgan fingerprint density at radius 3 is 2.81 bits per heavy atom. The Morgan fingerprint density at radius 1 is 1.39 bits per heavy atom. The predicted octanol–water partition coefficient (Wildman–Crippen LogP) is 3.08. The van der Waals surface area contributed by atoms with Crippen molar-refractivity contribution in [3.8, 4) is 12.5 Å². The first kappa shape index (κ1) is 22.8. The lowest BCUT2D eigenvalue weighted by molar-refractivity contribution is 0.152. The van der Waals surface area contributed by atoms with Crippen molar-refractivity contribution >= 4 is 29.0 Å². The number of hydrogen-bond donors (Lipinski definition) is 3. The summed E-state index contributed by atoms with van der Waals surface area (Å²) in [6, 6.07) is 2.38. The zero-order valence-corrected chi connectivity index (χ0v) is 18.3. The maximum atomic E-state index is 9.80. The summed E-state index contributed by atoms with van der Waals surface area (Å²) in [6.45, 7) is 4.77. The van der Waals surface area contributed by atoms with Crippen LogP contribution in [-0.2, 0) is 0 Å². The summed E-state index contributed by atoms with van der Waals surface area (Å²) in [5, 5.41) is 13.1. The number of aliphatic imine (C=N–C) groups is 2. The van der Waals surface area contributed by atoms with Crippen LogP contribution in [-0.4, -0.2) is 57.3 Å². The minimum Gasteiger partial charge on any atom is -0.398 e. The normalized spacial score (nSPS) is 20.0. The quantitative estimate of drug-likeness (QED) is 0.269. The van der Waals surface area contributed by atoms with E-state index in [0.29, 0.717) is 28.9 Å². The highest BCUT2D eigenvalue weighted by atomic mass is 16.3. The average Bonchev–Trinajstić information content (AvgIpc) is 3.30. The molecule has 2 aliphatic rings. The van der Waals surface area contributed by atoms with E-state index >= 15 is 0 Å². The van der Waals surface area contributed by atoms with E-state index in [9.17, 15) is 5.11 Å². The van der Waals surface area contributed by atoms with Gasteiger partial charge < -0.3 is 21.1 Å². The molecule has 4 N–H and O–H groups in total. The molecule has 1 aliphatic carbocycles. The molecule has 1 aliphatic heterocycles. The number of nitrogens with two attached hydrogens (primary N) is 1. The van der Waals surface area contributed by atoms with Gasteiger partial charge in [-0.2, -0.15) is 9.98 Å². The number of nitrogens with one attached hydrogen (secondary N) is 1. The Labute approximate surface area is 184 Å². The van der Waals surface area contributed by atoms with Crippen LogP contribution in [0.2, 0.25) is 0 Å². The second-order valence-electron chi connectivity index (χ2n) is 8.01. The van der Waals surface area contributed by atoms with E-state index in [1.807, 2.05) is 0 Å². The van der Waals surface area contributed by atoms with Crippen LogP contribution >= 0.6 is 0 Å². The van der Waals surface area contributed by atoms with Crippen molar-refractivity contribution in [2.75, 3.05) is 25.0 Å². The van der Waals surface area contributed by atoms with Gasteiger partial charge in [-0.25, -0.2) is 9.98 Å². The zero-order chi connectivity index (χ0) is 22.1. The monoisotopic (exact) mass is 423 g/mol. The number of aliphatic hydroxyl groups is 1. The maximum absolute atomic E-state index is 9.80. The fraction of sp³-hybridized carbons (Fsp3) is 0.565. The second kappa shape index (κ2) is 11.5. The van der Waals surface area contributed by atoms with Gasteiger partial charge in [0, 0.05) is 49.4 Å². The molecule has 8 heteroatoms. The third-order valence-corrected chi connectivity index (χ3v) is 5.58. The Balaban J connectivity index is 1.92. The van der Waals surface area contributed by atoms with Crippen LogP contribution < -0.4 is 11.1 Å². The molecule has 1 saturated heterocycles. The summed E-state index contributed by atoms with van der Waals surface area (Å²) in [6.07, 6.45) is 16.0. The molecule has 3 rings (SSSR count). The second-order valence-corrected chi connectivity index (χ2v) is 8.01. The zero-order valence-electron chi connectivity index (χ0n) is 18.3. The Bertz CT molecular complexity index is 868. The molecule has 0 spiro atoms. The van der Waals surface area contributed by atoms with Crippen molar-refractivity contribution in [3.63, 3.8) is 0 Å². The highest BCUT2D eigenvalue weighted by molar-refractivity contribution is 6.00. The first-order valence-corrected chi connectivity index (χ1v) is 11.2. The van der Waals surface area contributed by atoms with E-state index in [2.05, 4.69) is 38.1 Å². The molecule has 2 fully saturated rings. The Hall–Kier alpha value is -2.92. The lowest BCUT2D eigenvalue weighted by Gasteiger charge is -2.19. The predicted molar refractivity (Wildman–Crippen MR) is 126 cm³/mol. The molecule has 0 bridgehead atoms. The number of nitrogens with zero attached hydrogens (tertiary/aromatic N) is 5. The van der Waals surface area contributed by atoms with Gasteiger partial charge in [0.1, 0.15) is 5.84 Å². The van der Waals surface area contributed by atoms with Crippen molar-refractivity contribution < 1.29 is 5.11 Å². The molecular formula is C23H33N7O. The van der Waals surface area contributed by atoms with Crippen molar-refractivity contribution in [1.82, 2.24) is 14.9 Å². The van der Waals surface area contributed by atoms with Crippen molar-refractivity contribution in [2.45, 2.75) is 64.4 Å². The largest absolute Gasteiger partial charge is 0.398 e. The van der Waals surface area contributed by atoms with Gasteiger partial charge in [-0.15, -0.1) is 0 Å². The molecule has 0 unspecified atom stereocenters. The van der Waals surface area contributed by atoms with E-state index < -0.39 is 0 Å². The van der Waals surface area contributed by atoms with Crippen LogP contribution in [0.4, 0.5) is 11.8 Å². The average molecular weight is 424 g/mol. The third kappa shape index (κ3) is 6.53. The van der Waals surface area contributed by atoms with Gasteiger partial charge in [-0.3, -0.25) is 0 Å². The fourth-order valence-corrected chi connectivity index (χ4v) is 3.74. The maximum Gasteiger partial charge on any atom is 0.224 e. The summed E-state index contributed by atoms with van der Waals surface area (Å²) in [5.41, 5.74) is 8.63. The number of terminal acetylenes is 1. The van der Waals surface area contributed by atoms with Gasteiger partial charge in [0.2, 0.25) is 5.95 Å². The number of unbranched alkanes of at least 4 members (excludes halogenated alkanes) is 1. The Kier molecular flexibility index (Phi) is 8.42. The van der Waals surface area contributed by atoms with Gasteiger partial charge in [0.15, 0.2) is 5.82 Å². The van der Waals surface area contributed by atoms with Crippen LogP contribution in [0.15, 0.2) is 22.3 Å². The molecule has 0 amide bonds. The van der Waals surface area contributed by atoms with Crippen LogP contribution in [0.1, 0.15) is 63.9 Å². The van der Waals surface area contributed by atoms with E-state index in [1.54, 1.807) is 12.3 Å². The molecule has 31 heavy (non-hydrogen) atoms. The molecule has 1 aromatic rings. The standard InChI is InChI=1S/C23H33N7O/c1-3-5-12-26-23-27-16-19(22(29-23)28-17-8-10-18(31)11-9-17)20(24)15-21(25-4-2)30-13-6-7-14-30/h2,15-16,18,31H,3,5-14,24H2,1H3,(H,26,27,29)/b20-15-,25-21?,28-17?. The molecule has 0 radical (unpaired) electrons. The van der Waals surface area contributed by atoms with Gasteiger partial charge >= 0.3 is 0 Å². The first-order valence-electron chi connectivity index (χ1n) is 11.2. The lowest BCUT2D eigenvalue weighted by atomic mass is 9.96. The van der Waals surface area contributed by atoms with Crippen LogP contribution in [0, 0.1) is 12.5 Å². The molecule has 0 atom stereocenters. The van der Waals surface area contributed by atoms with E-state index in [-0.39, 0.29) is 6.10 Å². The van der Waals surface area contributed by atoms with E-state index in [0.717, 1.165) is 76.7 Å². The molecule has 0 aromatic carbocycles. The molecule has 2 heterocycles. The van der Waals surface area contributed by atoms with Crippen molar-refractivity contribution in [2.24, 2.45) is 15.7 Å². The van der Waals surface area contributed by atoms with Gasteiger partial charge in [0.05, 0.1) is 11.7 Å².